The predicted octanol–water partition coefficient (Wildman–Crippen LogP) is 2.06. The van der Waals surface area contributed by atoms with Gasteiger partial charge in [-0.3, -0.25) is 4.79 Å². The van der Waals surface area contributed by atoms with Crippen molar-refractivity contribution in [2.24, 2.45) is 5.92 Å². The summed E-state index contributed by atoms with van der Waals surface area (Å²) >= 11 is 3.44. The van der Waals surface area contributed by atoms with Gasteiger partial charge < -0.3 is 10.1 Å². The minimum absolute atomic E-state index is 0.0533. The number of ether oxygens (including phenoxy) is 1. The van der Waals surface area contributed by atoms with Gasteiger partial charge >= 0.3 is 5.97 Å². The van der Waals surface area contributed by atoms with Crippen LogP contribution in [0, 0.1) is 5.92 Å². The van der Waals surface area contributed by atoms with Crippen molar-refractivity contribution in [2.75, 3.05) is 7.11 Å². The number of hydrogen-bond acceptors (Lipinski definition) is 3. The third-order valence-electron chi connectivity index (χ3n) is 3.13. The Morgan fingerprint density at radius 2 is 2.11 bits per heavy atom. The fourth-order valence-electron chi connectivity index (χ4n) is 1.85. The fraction of sp³-hybridized carbons (Fsp3) is 0.429. The van der Waals surface area contributed by atoms with Crippen molar-refractivity contribution in [1.29, 1.82) is 0 Å². The molecule has 102 valence electrons. The van der Waals surface area contributed by atoms with Crippen molar-refractivity contribution < 1.29 is 14.3 Å². The number of nitrogens with one attached hydrogen (secondary N) is 1. The van der Waals surface area contributed by atoms with E-state index in [1.807, 2.05) is 24.3 Å². The van der Waals surface area contributed by atoms with Gasteiger partial charge in [0.15, 0.2) is 0 Å². The van der Waals surface area contributed by atoms with Gasteiger partial charge in [-0.1, -0.05) is 34.1 Å². The van der Waals surface area contributed by atoms with Crippen LogP contribution < -0.4 is 5.32 Å². The molecule has 0 bridgehead atoms. The smallest absolute Gasteiger partial charge is 0.328 e. The topological polar surface area (TPSA) is 55.4 Å². The highest BCUT2D eigenvalue weighted by Gasteiger charge is 2.33. The second kappa shape index (κ2) is 6.19. The number of carbonyl (C=O) groups excluding carboxylic acids is 2. The first-order chi connectivity index (χ1) is 9.11. The van der Waals surface area contributed by atoms with Crippen molar-refractivity contribution in [3.63, 3.8) is 0 Å². The molecule has 0 unspecified atom stereocenters. The second-order valence-corrected chi connectivity index (χ2v) is 5.51. The molecule has 5 heteroatoms. The van der Waals surface area contributed by atoms with E-state index >= 15 is 0 Å². The number of benzene rings is 1. The third-order valence-corrected chi connectivity index (χ3v) is 3.91. The first kappa shape index (κ1) is 14.1. The lowest BCUT2D eigenvalue weighted by Crippen LogP contribution is -2.43. The molecule has 1 aromatic rings. The van der Waals surface area contributed by atoms with E-state index in [9.17, 15) is 9.59 Å². The highest BCUT2D eigenvalue weighted by atomic mass is 79.9. The molecule has 4 nitrogen and oxygen atoms in total. The number of rotatable bonds is 5. The minimum atomic E-state index is -0.628. The Kier molecular flexibility index (Phi) is 4.58. The average molecular weight is 326 g/mol. The van der Waals surface area contributed by atoms with E-state index in [0.29, 0.717) is 6.42 Å². The largest absolute Gasteiger partial charge is 0.467 e. The van der Waals surface area contributed by atoms with Crippen LogP contribution >= 0.6 is 15.9 Å². The summed E-state index contributed by atoms with van der Waals surface area (Å²) in [6.07, 6.45) is 2.25. The van der Waals surface area contributed by atoms with Crippen molar-refractivity contribution in [3.05, 3.63) is 34.3 Å². The molecule has 0 heterocycles. The Morgan fingerprint density at radius 1 is 1.42 bits per heavy atom. The van der Waals surface area contributed by atoms with E-state index in [4.69, 9.17) is 4.74 Å². The SMILES string of the molecule is COC(=O)[C@H](Cc1ccccc1Br)NC(=O)C1CC1. The zero-order chi connectivity index (χ0) is 13.8. The Morgan fingerprint density at radius 3 is 2.68 bits per heavy atom. The number of amides is 1. The molecule has 2 rings (SSSR count). The van der Waals surface area contributed by atoms with Crippen LogP contribution in [-0.4, -0.2) is 25.0 Å². The second-order valence-electron chi connectivity index (χ2n) is 4.65. The lowest BCUT2D eigenvalue weighted by molar-refractivity contribution is -0.145. The molecule has 0 aromatic heterocycles. The average Bonchev–Trinajstić information content (AvgIpc) is 3.23. The van der Waals surface area contributed by atoms with E-state index in [0.717, 1.165) is 22.9 Å². The molecular weight excluding hydrogens is 310 g/mol. The van der Waals surface area contributed by atoms with Gasteiger partial charge in [0.2, 0.25) is 5.91 Å². The molecule has 1 fully saturated rings. The number of methoxy groups -OCH3 is 1. The van der Waals surface area contributed by atoms with Crippen LogP contribution in [0.2, 0.25) is 0 Å². The van der Waals surface area contributed by atoms with Gasteiger partial charge in [0.1, 0.15) is 6.04 Å². The van der Waals surface area contributed by atoms with E-state index in [1.54, 1.807) is 0 Å². The Labute approximate surface area is 120 Å². The van der Waals surface area contributed by atoms with Crippen LogP contribution in [0.15, 0.2) is 28.7 Å². The van der Waals surface area contributed by atoms with Crippen LogP contribution in [0.1, 0.15) is 18.4 Å². The number of hydrogen-bond donors (Lipinski definition) is 1. The molecule has 1 amide bonds. The van der Waals surface area contributed by atoms with Crippen LogP contribution in [0.5, 0.6) is 0 Å². The summed E-state index contributed by atoms with van der Waals surface area (Å²) in [5.41, 5.74) is 0.967. The summed E-state index contributed by atoms with van der Waals surface area (Å²) in [7, 11) is 1.33. The van der Waals surface area contributed by atoms with Crippen molar-refractivity contribution >= 4 is 27.8 Å². The predicted molar refractivity (Wildman–Crippen MR) is 74.5 cm³/mol. The third kappa shape index (κ3) is 3.80. The van der Waals surface area contributed by atoms with Crippen molar-refractivity contribution in [2.45, 2.75) is 25.3 Å². The molecule has 1 saturated carbocycles. The molecule has 1 aromatic carbocycles. The van der Waals surface area contributed by atoms with E-state index in [1.165, 1.54) is 7.11 Å². The van der Waals surface area contributed by atoms with E-state index < -0.39 is 12.0 Å². The molecule has 1 aliphatic carbocycles. The van der Waals surface area contributed by atoms with E-state index in [-0.39, 0.29) is 11.8 Å². The lowest BCUT2D eigenvalue weighted by atomic mass is 10.1. The Hall–Kier alpha value is -1.36. The number of halogens is 1. The van der Waals surface area contributed by atoms with Gasteiger partial charge in [-0.25, -0.2) is 4.79 Å². The van der Waals surface area contributed by atoms with Gasteiger partial charge in [-0.05, 0) is 24.5 Å². The molecule has 1 aliphatic rings. The van der Waals surface area contributed by atoms with Gasteiger partial charge in [0.25, 0.3) is 0 Å². The Balaban J connectivity index is 2.07. The molecule has 0 spiro atoms. The van der Waals surface area contributed by atoms with Crippen LogP contribution in [0.25, 0.3) is 0 Å². The zero-order valence-electron chi connectivity index (χ0n) is 10.7. The van der Waals surface area contributed by atoms with Crippen molar-refractivity contribution in [3.8, 4) is 0 Å². The number of carbonyl (C=O) groups is 2. The quantitative estimate of drug-likeness (QED) is 0.843. The summed E-state index contributed by atoms with van der Waals surface area (Å²) < 4.78 is 5.68. The summed E-state index contributed by atoms with van der Waals surface area (Å²) in [4.78, 5) is 23.5. The monoisotopic (exact) mass is 325 g/mol. The first-order valence-electron chi connectivity index (χ1n) is 6.23. The molecule has 1 atom stereocenters. The summed E-state index contributed by atoms with van der Waals surface area (Å²) in [6, 6.07) is 7.01. The Bertz CT molecular complexity index is 485. The van der Waals surface area contributed by atoms with Gasteiger partial charge in [-0.15, -0.1) is 0 Å². The maximum atomic E-state index is 11.8. The normalized spacial score (nSPS) is 15.7. The summed E-state index contributed by atoms with van der Waals surface area (Å²) in [5.74, 6) is -0.390. The first-order valence-corrected chi connectivity index (χ1v) is 7.02. The zero-order valence-corrected chi connectivity index (χ0v) is 12.3. The lowest BCUT2D eigenvalue weighted by Gasteiger charge is -2.17. The van der Waals surface area contributed by atoms with Gasteiger partial charge in [-0.2, -0.15) is 0 Å². The van der Waals surface area contributed by atoms with Gasteiger partial charge in [0.05, 0.1) is 7.11 Å². The number of esters is 1. The van der Waals surface area contributed by atoms with Crippen molar-refractivity contribution in [1.82, 2.24) is 5.32 Å². The van der Waals surface area contributed by atoms with E-state index in [2.05, 4.69) is 21.2 Å². The van der Waals surface area contributed by atoms with Gasteiger partial charge in [0, 0.05) is 16.8 Å². The van der Waals surface area contributed by atoms with Crippen LogP contribution in [0.3, 0.4) is 0 Å². The fourth-order valence-corrected chi connectivity index (χ4v) is 2.30. The highest BCUT2D eigenvalue weighted by molar-refractivity contribution is 9.10. The molecular formula is C14H16BrNO3. The molecule has 1 N–H and O–H groups in total. The summed E-state index contributed by atoms with van der Waals surface area (Å²) in [5, 5.41) is 2.77. The molecule has 19 heavy (non-hydrogen) atoms. The minimum Gasteiger partial charge on any atom is -0.467 e. The highest BCUT2D eigenvalue weighted by Crippen LogP contribution is 2.29. The van der Waals surface area contributed by atoms with Crippen LogP contribution in [0.4, 0.5) is 0 Å². The molecule has 0 saturated heterocycles. The van der Waals surface area contributed by atoms with Crippen LogP contribution in [-0.2, 0) is 20.7 Å². The molecule has 0 aliphatic heterocycles. The summed E-state index contributed by atoms with van der Waals surface area (Å²) in [6.45, 7) is 0. The molecule has 0 radical (unpaired) electrons. The maximum Gasteiger partial charge on any atom is 0.328 e. The maximum absolute atomic E-state index is 11.8. The standard InChI is InChI=1S/C14H16BrNO3/c1-19-14(18)12(16-13(17)9-6-7-9)8-10-4-2-3-5-11(10)15/h2-5,9,12H,6-8H2,1H3,(H,16,17)/t12-/m0/s1.